The quantitative estimate of drug-likeness (QED) is 0.693. The first-order valence-corrected chi connectivity index (χ1v) is 6.83. The summed E-state index contributed by atoms with van der Waals surface area (Å²) >= 11 is 0. The van der Waals surface area contributed by atoms with Crippen molar-refractivity contribution >= 4 is 0 Å². The fourth-order valence-electron chi connectivity index (χ4n) is 2.54. The fraction of sp³-hybridized carbons (Fsp3) is 0.733. The zero-order valence-corrected chi connectivity index (χ0v) is 12.0. The molecule has 0 N–H and O–H groups in total. The van der Waals surface area contributed by atoms with Gasteiger partial charge in [0.1, 0.15) is 0 Å². The van der Waals surface area contributed by atoms with Crippen LogP contribution in [-0.2, 0) is 0 Å². The van der Waals surface area contributed by atoms with E-state index in [9.17, 15) is 0 Å². The topological polar surface area (TPSA) is 6.48 Å². The van der Waals surface area contributed by atoms with Crippen LogP contribution in [0.2, 0.25) is 0 Å². The maximum absolute atomic E-state index is 4.27. The highest BCUT2D eigenvalue weighted by atomic mass is 15.2. The summed E-state index contributed by atoms with van der Waals surface area (Å²) in [6.07, 6.45) is 4.57. The van der Waals surface area contributed by atoms with Gasteiger partial charge in [-0.2, -0.15) is 0 Å². The Hall–Kier alpha value is -0.600. The lowest BCUT2D eigenvalue weighted by atomic mass is 9.97. The SMILES string of the molecule is C=C(CC)C(/C(C)=C\C)N1CCCN(C)CC1. The van der Waals surface area contributed by atoms with Crippen molar-refractivity contribution in [2.45, 2.75) is 39.7 Å². The van der Waals surface area contributed by atoms with E-state index in [0.29, 0.717) is 6.04 Å². The molecule has 0 amide bonds. The lowest BCUT2D eigenvalue weighted by Gasteiger charge is -2.32. The van der Waals surface area contributed by atoms with Gasteiger partial charge in [0.2, 0.25) is 0 Å². The highest BCUT2D eigenvalue weighted by Gasteiger charge is 2.23. The molecule has 0 aromatic rings. The number of hydrogen-bond acceptors (Lipinski definition) is 2. The number of nitrogens with zero attached hydrogens (tertiary/aromatic N) is 2. The van der Waals surface area contributed by atoms with Crippen LogP contribution in [0.1, 0.15) is 33.6 Å². The van der Waals surface area contributed by atoms with Crippen molar-refractivity contribution in [1.82, 2.24) is 9.80 Å². The Morgan fingerprint density at radius 3 is 2.59 bits per heavy atom. The molecule has 2 heteroatoms. The molecule has 98 valence electrons. The minimum atomic E-state index is 0.455. The van der Waals surface area contributed by atoms with E-state index in [2.05, 4.69) is 50.3 Å². The molecular weight excluding hydrogens is 208 g/mol. The second kappa shape index (κ2) is 6.97. The van der Waals surface area contributed by atoms with E-state index in [4.69, 9.17) is 0 Å². The predicted molar refractivity (Wildman–Crippen MR) is 76.3 cm³/mol. The third-order valence-corrected chi connectivity index (χ3v) is 3.85. The molecule has 1 aliphatic rings. The zero-order valence-electron chi connectivity index (χ0n) is 12.0. The average molecular weight is 236 g/mol. The van der Waals surface area contributed by atoms with Gasteiger partial charge in [0.15, 0.2) is 0 Å². The van der Waals surface area contributed by atoms with Crippen molar-refractivity contribution < 1.29 is 0 Å². The molecule has 2 nitrogen and oxygen atoms in total. The molecule has 1 saturated heterocycles. The second-order valence-corrected chi connectivity index (χ2v) is 5.14. The molecule has 0 saturated carbocycles. The highest BCUT2D eigenvalue weighted by Crippen LogP contribution is 2.21. The van der Waals surface area contributed by atoms with E-state index in [1.54, 1.807) is 0 Å². The van der Waals surface area contributed by atoms with Crippen molar-refractivity contribution in [3.05, 3.63) is 23.8 Å². The smallest absolute Gasteiger partial charge is 0.0515 e. The third-order valence-electron chi connectivity index (χ3n) is 3.85. The average Bonchev–Trinajstić information content (AvgIpc) is 2.54. The summed E-state index contributed by atoms with van der Waals surface area (Å²) in [7, 11) is 2.22. The maximum atomic E-state index is 4.27. The van der Waals surface area contributed by atoms with Gasteiger partial charge in [0, 0.05) is 19.6 Å². The van der Waals surface area contributed by atoms with E-state index >= 15 is 0 Å². The zero-order chi connectivity index (χ0) is 12.8. The summed E-state index contributed by atoms with van der Waals surface area (Å²) in [5, 5.41) is 0. The van der Waals surface area contributed by atoms with E-state index in [1.165, 1.54) is 37.2 Å². The first-order valence-electron chi connectivity index (χ1n) is 6.83. The summed E-state index contributed by atoms with van der Waals surface area (Å²) in [5.41, 5.74) is 2.80. The lowest BCUT2D eigenvalue weighted by molar-refractivity contribution is 0.246. The number of allylic oxidation sites excluding steroid dienone is 1. The molecule has 1 fully saturated rings. The Morgan fingerprint density at radius 1 is 1.29 bits per heavy atom. The minimum Gasteiger partial charge on any atom is -0.305 e. The van der Waals surface area contributed by atoms with Crippen LogP contribution in [0.3, 0.4) is 0 Å². The molecule has 0 aromatic heterocycles. The summed E-state index contributed by atoms with van der Waals surface area (Å²) in [4.78, 5) is 5.03. The molecule has 1 heterocycles. The highest BCUT2D eigenvalue weighted by molar-refractivity contribution is 5.22. The standard InChI is InChI=1S/C15H28N2/c1-6-13(3)15(14(4)7-2)17-10-8-9-16(5)11-12-17/h7,15H,3,6,8-12H2,1-2,4-5H3/b14-7-. The first-order chi connectivity index (χ1) is 8.10. The molecule has 1 aliphatic heterocycles. The number of likely N-dealkylation sites (N-methyl/N-ethyl adjacent to an activating group) is 1. The Kier molecular flexibility index (Phi) is 5.93. The number of hydrogen-bond donors (Lipinski definition) is 0. The van der Waals surface area contributed by atoms with Crippen LogP contribution in [0.25, 0.3) is 0 Å². The minimum absolute atomic E-state index is 0.455. The molecular formula is C15H28N2. The summed E-state index contributed by atoms with van der Waals surface area (Å²) in [6, 6.07) is 0.455. The number of rotatable bonds is 4. The van der Waals surface area contributed by atoms with Gasteiger partial charge in [-0.15, -0.1) is 0 Å². The molecule has 0 aliphatic carbocycles. The Morgan fingerprint density at radius 2 is 2.00 bits per heavy atom. The van der Waals surface area contributed by atoms with Gasteiger partial charge < -0.3 is 4.90 Å². The van der Waals surface area contributed by atoms with Crippen LogP contribution in [0.15, 0.2) is 23.8 Å². The van der Waals surface area contributed by atoms with Crippen LogP contribution < -0.4 is 0 Å². The van der Waals surface area contributed by atoms with Crippen LogP contribution in [0.5, 0.6) is 0 Å². The molecule has 0 bridgehead atoms. The maximum Gasteiger partial charge on any atom is 0.0515 e. The fourth-order valence-corrected chi connectivity index (χ4v) is 2.54. The monoisotopic (exact) mass is 236 g/mol. The van der Waals surface area contributed by atoms with E-state index in [1.807, 2.05) is 0 Å². The van der Waals surface area contributed by atoms with Gasteiger partial charge >= 0.3 is 0 Å². The Labute approximate surface area is 107 Å². The van der Waals surface area contributed by atoms with Crippen LogP contribution >= 0.6 is 0 Å². The van der Waals surface area contributed by atoms with Crippen LogP contribution in [0, 0.1) is 0 Å². The summed E-state index contributed by atoms with van der Waals surface area (Å²) in [6.45, 7) is 15.6. The predicted octanol–water partition coefficient (Wildman–Crippen LogP) is 2.92. The van der Waals surface area contributed by atoms with Gasteiger partial charge in [-0.1, -0.05) is 30.7 Å². The van der Waals surface area contributed by atoms with E-state index < -0.39 is 0 Å². The first kappa shape index (κ1) is 14.5. The van der Waals surface area contributed by atoms with Crippen molar-refractivity contribution in [3.63, 3.8) is 0 Å². The Bertz CT molecular complexity index is 281. The third kappa shape index (κ3) is 3.97. The molecule has 1 atom stereocenters. The largest absolute Gasteiger partial charge is 0.305 e. The van der Waals surface area contributed by atoms with Crippen molar-refractivity contribution in [3.8, 4) is 0 Å². The Balaban J connectivity index is 2.78. The normalized spacial score (nSPS) is 22.2. The van der Waals surface area contributed by atoms with E-state index in [-0.39, 0.29) is 0 Å². The lowest BCUT2D eigenvalue weighted by Crippen LogP contribution is -2.39. The van der Waals surface area contributed by atoms with Gasteiger partial charge in [0.05, 0.1) is 6.04 Å². The summed E-state index contributed by atoms with van der Waals surface area (Å²) < 4.78 is 0. The molecule has 0 spiro atoms. The van der Waals surface area contributed by atoms with E-state index in [0.717, 1.165) is 13.0 Å². The van der Waals surface area contributed by atoms with Crippen LogP contribution in [-0.4, -0.2) is 49.1 Å². The van der Waals surface area contributed by atoms with Gasteiger partial charge in [-0.05, 0) is 40.3 Å². The molecule has 1 unspecified atom stereocenters. The summed E-state index contributed by atoms with van der Waals surface area (Å²) in [5.74, 6) is 0. The molecule has 1 rings (SSSR count). The van der Waals surface area contributed by atoms with Gasteiger partial charge in [0.25, 0.3) is 0 Å². The van der Waals surface area contributed by atoms with Crippen molar-refractivity contribution in [2.24, 2.45) is 0 Å². The van der Waals surface area contributed by atoms with Crippen LogP contribution in [0.4, 0.5) is 0 Å². The van der Waals surface area contributed by atoms with Gasteiger partial charge in [-0.25, -0.2) is 0 Å². The van der Waals surface area contributed by atoms with Crippen molar-refractivity contribution in [2.75, 3.05) is 33.2 Å². The second-order valence-electron chi connectivity index (χ2n) is 5.14. The molecule has 17 heavy (non-hydrogen) atoms. The molecule has 0 aromatic carbocycles. The van der Waals surface area contributed by atoms with Gasteiger partial charge in [-0.3, -0.25) is 4.90 Å². The van der Waals surface area contributed by atoms with Crippen molar-refractivity contribution in [1.29, 1.82) is 0 Å². The molecule has 0 radical (unpaired) electrons.